The van der Waals surface area contributed by atoms with Gasteiger partial charge in [-0.1, -0.05) is 29.8 Å². The third kappa shape index (κ3) is 3.62. The van der Waals surface area contributed by atoms with Gasteiger partial charge in [0.1, 0.15) is 18.2 Å². The largest absolute Gasteiger partial charge is 0.489 e. The van der Waals surface area contributed by atoms with E-state index in [2.05, 4.69) is 4.98 Å². The average Bonchev–Trinajstić information content (AvgIpc) is 2.54. The Balaban J connectivity index is 1.75. The molecule has 0 aliphatic rings. The van der Waals surface area contributed by atoms with Gasteiger partial charge in [0.05, 0.1) is 0 Å². The molecule has 1 heterocycles. The summed E-state index contributed by atoms with van der Waals surface area (Å²) < 4.78 is 18.7. The van der Waals surface area contributed by atoms with Crippen LogP contribution >= 0.6 is 11.6 Å². The van der Waals surface area contributed by atoms with Crippen molar-refractivity contribution in [3.05, 3.63) is 83.4 Å². The minimum Gasteiger partial charge on any atom is -0.489 e. The Hall–Kier alpha value is -2.39. The lowest BCUT2D eigenvalue weighted by Gasteiger charge is -2.08. The summed E-state index contributed by atoms with van der Waals surface area (Å²) in [7, 11) is 0. The lowest BCUT2D eigenvalue weighted by Crippen LogP contribution is -1.97. The van der Waals surface area contributed by atoms with Gasteiger partial charge >= 0.3 is 0 Å². The van der Waals surface area contributed by atoms with E-state index in [9.17, 15) is 4.39 Å². The smallest absolute Gasteiger partial charge is 0.126 e. The molecule has 4 heteroatoms. The summed E-state index contributed by atoms with van der Waals surface area (Å²) in [5.41, 5.74) is 2.93. The predicted octanol–water partition coefficient (Wildman–Crippen LogP) is 5.12. The molecule has 0 unspecified atom stereocenters. The molecule has 0 aliphatic heterocycles. The van der Waals surface area contributed by atoms with Crippen molar-refractivity contribution in [1.82, 2.24) is 4.98 Å². The Bertz CT molecular complexity index is 774. The number of halogens is 2. The topological polar surface area (TPSA) is 22.1 Å². The highest BCUT2D eigenvalue weighted by molar-refractivity contribution is 6.30. The van der Waals surface area contributed by atoms with E-state index in [1.165, 1.54) is 12.1 Å². The Morgan fingerprint density at radius 1 is 0.955 bits per heavy atom. The zero-order chi connectivity index (χ0) is 15.4. The summed E-state index contributed by atoms with van der Waals surface area (Å²) >= 11 is 5.89. The van der Waals surface area contributed by atoms with E-state index in [0.29, 0.717) is 17.4 Å². The van der Waals surface area contributed by atoms with E-state index in [-0.39, 0.29) is 5.82 Å². The molecular formula is C18H13ClFNO. The van der Waals surface area contributed by atoms with Gasteiger partial charge in [0.15, 0.2) is 0 Å². The van der Waals surface area contributed by atoms with E-state index < -0.39 is 0 Å². The van der Waals surface area contributed by atoms with Crippen LogP contribution in [-0.4, -0.2) is 4.98 Å². The molecule has 22 heavy (non-hydrogen) atoms. The molecule has 3 rings (SSSR count). The average molecular weight is 314 g/mol. The number of pyridine rings is 1. The molecule has 1 aromatic heterocycles. The summed E-state index contributed by atoms with van der Waals surface area (Å²) in [4.78, 5) is 4.23. The first-order valence-corrected chi connectivity index (χ1v) is 7.17. The van der Waals surface area contributed by atoms with Crippen LogP contribution in [0.15, 0.2) is 67.0 Å². The van der Waals surface area contributed by atoms with Crippen molar-refractivity contribution in [2.75, 3.05) is 0 Å². The Kier molecular flexibility index (Phi) is 4.35. The molecule has 2 aromatic carbocycles. The minimum absolute atomic E-state index is 0.314. The van der Waals surface area contributed by atoms with Gasteiger partial charge in [0.2, 0.25) is 0 Å². The molecule has 0 saturated heterocycles. The van der Waals surface area contributed by atoms with Crippen LogP contribution in [0.3, 0.4) is 0 Å². The first kappa shape index (κ1) is 14.5. The van der Waals surface area contributed by atoms with Crippen LogP contribution < -0.4 is 4.74 Å². The molecule has 0 aliphatic carbocycles. The number of rotatable bonds is 4. The zero-order valence-electron chi connectivity index (χ0n) is 11.7. The Morgan fingerprint density at radius 3 is 2.55 bits per heavy atom. The second-order valence-electron chi connectivity index (χ2n) is 4.83. The van der Waals surface area contributed by atoms with Crippen molar-refractivity contribution >= 4 is 11.6 Å². The molecule has 2 nitrogen and oxygen atoms in total. The van der Waals surface area contributed by atoms with Gasteiger partial charge in [-0.3, -0.25) is 4.98 Å². The minimum atomic E-state index is -0.314. The van der Waals surface area contributed by atoms with Crippen molar-refractivity contribution in [1.29, 1.82) is 0 Å². The summed E-state index contributed by atoms with van der Waals surface area (Å²) in [6.07, 6.45) is 3.52. The van der Waals surface area contributed by atoms with Crippen LogP contribution in [0, 0.1) is 5.82 Å². The van der Waals surface area contributed by atoms with Gasteiger partial charge in [0, 0.05) is 34.6 Å². The van der Waals surface area contributed by atoms with Crippen LogP contribution in [0.25, 0.3) is 11.1 Å². The third-order valence-corrected chi connectivity index (χ3v) is 3.43. The van der Waals surface area contributed by atoms with Gasteiger partial charge in [-0.25, -0.2) is 4.39 Å². The molecule has 0 radical (unpaired) electrons. The van der Waals surface area contributed by atoms with E-state index in [1.54, 1.807) is 24.5 Å². The number of nitrogens with zero attached hydrogens (tertiary/aromatic N) is 1. The fraction of sp³-hybridized carbons (Fsp3) is 0.0556. The normalized spacial score (nSPS) is 10.5. The highest BCUT2D eigenvalue weighted by Crippen LogP contribution is 2.22. The molecule has 0 saturated carbocycles. The zero-order valence-corrected chi connectivity index (χ0v) is 12.4. The second-order valence-corrected chi connectivity index (χ2v) is 5.27. The fourth-order valence-electron chi connectivity index (χ4n) is 2.09. The number of benzene rings is 2. The van der Waals surface area contributed by atoms with Crippen molar-refractivity contribution in [3.63, 3.8) is 0 Å². The monoisotopic (exact) mass is 313 g/mol. The van der Waals surface area contributed by atoms with Crippen molar-refractivity contribution in [2.45, 2.75) is 6.61 Å². The SMILES string of the molecule is Fc1cccc(OCc2cncc(-c3ccc(Cl)cc3)c2)c1. The summed E-state index contributed by atoms with van der Waals surface area (Å²) in [6.45, 7) is 0.331. The van der Waals surface area contributed by atoms with E-state index in [4.69, 9.17) is 16.3 Å². The van der Waals surface area contributed by atoms with Gasteiger partial charge in [-0.2, -0.15) is 0 Å². The van der Waals surface area contributed by atoms with Crippen LogP contribution in [0.2, 0.25) is 5.02 Å². The maximum atomic E-state index is 13.1. The first-order valence-electron chi connectivity index (χ1n) is 6.79. The Labute approximate surface area is 133 Å². The van der Waals surface area contributed by atoms with Gasteiger partial charge in [-0.15, -0.1) is 0 Å². The summed E-state index contributed by atoms with van der Waals surface area (Å²) in [6, 6.07) is 15.6. The lowest BCUT2D eigenvalue weighted by atomic mass is 10.1. The molecule has 0 amide bonds. The summed E-state index contributed by atoms with van der Waals surface area (Å²) in [5, 5.41) is 0.697. The van der Waals surface area contributed by atoms with Gasteiger partial charge < -0.3 is 4.74 Å². The Morgan fingerprint density at radius 2 is 1.77 bits per heavy atom. The second kappa shape index (κ2) is 6.58. The van der Waals surface area contributed by atoms with Gasteiger partial charge in [-0.05, 0) is 35.9 Å². The third-order valence-electron chi connectivity index (χ3n) is 3.17. The predicted molar refractivity (Wildman–Crippen MR) is 85.4 cm³/mol. The van der Waals surface area contributed by atoms with Crippen molar-refractivity contribution in [3.8, 4) is 16.9 Å². The molecule has 0 spiro atoms. The molecule has 0 atom stereocenters. The maximum absolute atomic E-state index is 13.1. The number of aromatic nitrogens is 1. The van der Waals surface area contributed by atoms with E-state index >= 15 is 0 Å². The highest BCUT2D eigenvalue weighted by atomic mass is 35.5. The molecule has 0 fully saturated rings. The van der Waals surface area contributed by atoms with Crippen molar-refractivity contribution < 1.29 is 9.13 Å². The molecule has 110 valence electrons. The van der Waals surface area contributed by atoms with E-state index in [1.807, 2.05) is 30.3 Å². The van der Waals surface area contributed by atoms with Crippen LogP contribution in [-0.2, 0) is 6.61 Å². The quantitative estimate of drug-likeness (QED) is 0.667. The van der Waals surface area contributed by atoms with Crippen LogP contribution in [0.4, 0.5) is 4.39 Å². The molecule has 3 aromatic rings. The summed E-state index contributed by atoms with van der Waals surface area (Å²) in [5.74, 6) is 0.183. The first-order chi connectivity index (χ1) is 10.7. The van der Waals surface area contributed by atoms with Crippen molar-refractivity contribution in [2.24, 2.45) is 0 Å². The highest BCUT2D eigenvalue weighted by Gasteiger charge is 2.02. The van der Waals surface area contributed by atoms with Crippen LogP contribution in [0.5, 0.6) is 5.75 Å². The number of hydrogen-bond donors (Lipinski definition) is 0. The molecule has 0 N–H and O–H groups in total. The maximum Gasteiger partial charge on any atom is 0.126 e. The molecule has 0 bridgehead atoms. The van der Waals surface area contributed by atoms with Crippen LogP contribution in [0.1, 0.15) is 5.56 Å². The van der Waals surface area contributed by atoms with Gasteiger partial charge in [0.25, 0.3) is 0 Å². The lowest BCUT2D eigenvalue weighted by molar-refractivity contribution is 0.304. The number of ether oxygens (including phenoxy) is 1. The standard InChI is InChI=1S/C18H13ClFNO/c19-16-6-4-14(5-7-16)15-8-13(10-21-11-15)12-22-18-3-1-2-17(20)9-18/h1-11H,12H2. The van der Waals surface area contributed by atoms with E-state index in [0.717, 1.165) is 16.7 Å². The fourth-order valence-corrected chi connectivity index (χ4v) is 2.22. The number of hydrogen-bond acceptors (Lipinski definition) is 2. The molecular weight excluding hydrogens is 301 g/mol.